The van der Waals surface area contributed by atoms with Crippen LogP contribution in [0.4, 0.5) is 5.69 Å². The standard InChI is InChI=1S/C24H21N3O4/c1-15-5-4-6-20-21(15)26-22(23(28)25-16-7-11-18(30-2)12-8-16)27(24(20)29)17-9-13-19(31-3)14-10-17/h4-14H,1-3H3,(H,25,28). The first-order valence-corrected chi connectivity index (χ1v) is 9.64. The van der Waals surface area contributed by atoms with E-state index in [-0.39, 0.29) is 11.4 Å². The van der Waals surface area contributed by atoms with Crippen LogP contribution in [0.5, 0.6) is 11.5 Å². The molecule has 0 bridgehead atoms. The number of carbonyl (C=O) groups excluding carboxylic acids is 1. The summed E-state index contributed by atoms with van der Waals surface area (Å²) in [7, 11) is 3.14. The Labute approximate surface area is 178 Å². The number of nitrogens with zero attached hydrogens (tertiary/aromatic N) is 2. The van der Waals surface area contributed by atoms with E-state index < -0.39 is 5.91 Å². The summed E-state index contributed by atoms with van der Waals surface area (Å²) in [5, 5.41) is 3.25. The number of aromatic nitrogens is 2. The second kappa shape index (κ2) is 8.31. The van der Waals surface area contributed by atoms with Crippen molar-refractivity contribution in [3.8, 4) is 17.2 Å². The summed E-state index contributed by atoms with van der Waals surface area (Å²) in [5.41, 5.74) is 2.07. The number of aryl methyl sites for hydroxylation is 1. The molecule has 4 aromatic rings. The molecular formula is C24H21N3O4. The highest BCUT2D eigenvalue weighted by atomic mass is 16.5. The number of fused-ring (bicyclic) bond motifs is 1. The third-order valence-corrected chi connectivity index (χ3v) is 4.98. The molecule has 0 aliphatic carbocycles. The summed E-state index contributed by atoms with van der Waals surface area (Å²) >= 11 is 0. The summed E-state index contributed by atoms with van der Waals surface area (Å²) < 4.78 is 11.7. The molecule has 0 saturated heterocycles. The predicted octanol–water partition coefficient (Wildman–Crippen LogP) is 3.96. The zero-order valence-electron chi connectivity index (χ0n) is 17.4. The van der Waals surface area contributed by atoms with Gasteiger partial charge < -0.3 is 14.8 Å². The zero-order chi connectivity index (χ0) is 22.0. The first kappa shape index (κ1) is 20.2. The van der Waals surface area contributed by atoms with E-state index >= 15 is 0 Å². The maximum absolute atomic E-state index is 13.4. The Balaban J connectivity index is 1.87. The number of anilines is 1. The summed E-state index contributed by atoms with van der Waals surface area (Å²) in [6.07, 6.45) is 0. The van der Waals surface area contributed by atoms with Crippen LogP contribution in [-0.4, -0.2) is 29.7 Å². The highest BCUT2D eigenvalue weighted by Gasteiger charge is 2.20. The van der Waals surface area contributed by atoms with Crippen LogP contribution < -0.4 is 20.3 Å². The van der Waals surface area contributed by atoms with E-state index in [9.17, 15) is 9.59 Å². The smallest absolute Gasteiger partial charge is 0.292 e. The Kier molecular flexibility index (Phi) is 5.41. The number of hydrogen-bond donors (Lipinski definition) is 1. The molecule has 0 fully saturated rings. The van der Waals surface area contributed by atoms with Crippen LogP contribution in [0.15, 0.2) is 71.5 Å². The third kappa shape index (κ3) is 3.85. The topological polar surface area (TPSA) is 82.5 Å². The minimum Gasteiger partial charge on any atom is -0.497 e. The molecule has 31 heavy (non-hydrogen) atoms. The van der Waals surface area contributed by atoms with Gasteiger partial charge in [-0.15, -0.1) is 0 Å². The fourth-order valence-electron chi connectivity index (χ4n) is 3.34. The van der Waals surface area contributed by atoms with E-state index in [1.165, 1.54) is 4.57 Å². The van der Waals surface area contributed by atoms with Crippen LogP contribution in [0, 0.1) is 6.92 Å². The molecule has 0 radical (unpaired) electrons. The number of hydrogen-bond acceptors (Lipinski definition) is 5. The molecular weight excluding hydrogens is 394 g/mol. The normalized spacial score (nSPS) is 10.7. The molecule has 0 aliphatic heterocycles. The largest absolute Gasteiger partial charge is 0.497 e. The van der Waals surface area contributed by atoms with Gasteiger partial charge in [-0.3, -0.25) is 14.2 Å². The average molecular weight is 415 g/mol. The van der Waals surface area contributed by atoms with Gasteiger partial charge in [0.2, 0.25) is 5.82 Å². The number of ether oxygens (including phenoxy) is 2. The lowest BCUT2D eigenvalue weighted by Crippen LogP contribution is -2.29. The van der Waals surface area contributed by atoms with Gasteiger partial charge in [-0.1, -0.05) is 12.1 Å². The minimum absolute atomic E-state index is 0.00668. The summed E-state index contributed by atoms with van der Waals surface area (Å²) in [5.74, 6) is 0.814. The first-order valence-electron chi connectivity index (χ1n) is 9.64. The van der Waals surface area contributed by atoms with Crippen LogP contribution in [0.3, 0.4) is 0 Å². The van der Waals surface area contributed by atoms with Crippen molar-refractivity contribution < 1.29 is 14.3 Å². The second-order valence-electron chi connectivity index (χ2n) is 6.93. The van der Waals surface area contributed by atoms with Crippen LogP contribution in [0.1, 0.15) is 16.2 Å². The number of nitrogens with one attached hydrogen (secondary N) is 1. The van der Waals surface area contributed by atoms with Crippen molar-refractivity contribution in [1.82, 2.24) is 9.55 Å². The van der Waals surface area contributed by atoms with Gasteiger partial charge in [0.1, 0.15) is 11.5 Å². The molecule has 1 aromatic heterocycles. The van der Waals surface area contributed by atoms with Gasteiger partial charge in [-0.2, -0.15) is 0 Å². The fourth-order valence-corrected chi connectivity index (χ4v) is 3.34. The van der Waals surface area contributed by atoms with Crippen molar-refractivity contribution in [3.05, 3.63) is 88.5 Å². The summed E-state index contributed by atoms with van der Waals surface area (Å²) in [6, 6.07) is 19.2. The zero-order valence-corrected chi connectivity index (χ0v) is 17.4. The Morgan fingerprint density at radius 3 is 2.13 bits per heavy atom. The molecule has 7 nitrogen and oxygen atoms in total. The lowest BCUT2D eigenvalue weighted by molar-refractivity contribution is 0.101. The highest BCUT2D eigenvalue weighted by Crippen LogP contribution is 2.20. The average Bonchev–Trinajstić information content (AvgIpc) is 2.80. The highest BCUT2D eigenvalue weighted by molar-refractivity contribution is 6.03. The molecule has 7 heteroatoms. The molecule has 0 atom stereocenters. The SMILES string of the molecule is COc1ccc(NC(=O)c2nc3c(C)cccc3c(=O)n2-c2ccc(OC)cc2)cc1. The van der Waals surface area contributed by atoms with Gasteiger partial charge in [-0.05, 0) is 67.1 Å². The predicted molar refractivity (Wildman–Crippen MR) is 120 cm³/mol. The Hall–Kier alpha value is -4.13. The fraction of sp³-hybridized carbons (Fsp3) is 0.125. The maximum atomic E-state index is 13.4. The first-order chi connectivity index (χ1) is 15.0. The van der Waals surface area contributed by atoms with Crippen molar-refractivity contribution in [1.29, 1.82) is 0 Å². The Morgan fingerprint density at radius 1 is 0.903 bits per heavy atom. The molecule has 1 heterocycles. The van der Waals surface area contributed by atoms with Crippen molar-refractivity contribution in [2.75, 3.05) is 19.5 Å². The van der Waals surface area contributed by atoms with E-state index in [2.05, 4.69) is 10.3 Å². The van der Waals surface area contributed by atoms with E-state index in [4.69, 9.17) is 9.47 Å². The molecule has 0 saturated carbocycles. The third-order valence-electron chi connectivity index (χ3n) is 4.98. The minimum atomic E-state index is -0.497. The number of carbonyl (C=O) groups is 1. The molecule has 1 amide bonds. The molecule has 3 aromatic carbocycles. The van der Waals surface area contributed by atoms with E-state index in [1.807, 2.05) is 13.0 Å². The van der Waals surface area contributed by atoms with Gasteiger partial charge in [0.25, 0.3) is 11.5 Å². The summed E-state index contributed by atoms with van der Waals surface area (Å²) in [4.78, 5) is 31.2. The lowest BCUT2D eigenvalue weighted by atomic mass is 10.1. The van der Waals surface area contributed by atoms with Crippen LogP contribution in [0.2, 0.25) is 0 Å². The van der Waals surface area contributed by atoms with Crippen molar-refractivity contribution in [2.24, 2.45) is 0 Å². The molecule has 0 aliphatic rings. The van der Waals surface area contributed by atoms with Crippen molar-refractivity contribution in [3.63, 3.8) is 0 Å². The van der Waals surface area contributed by atoms with Crippen LogP contribution in [-0.2, 0) is 0 Å². The van der Waals surface area contributed by atoms with Gasteiger partial charge in [0.05, 0.1) is 30.8 Å². The molecule has 1 N–H and O–H groups in total. The molecule has 0 unspecified atom stereocenters. The monoisotopic (exact) mass is 415 g/mol. The Bertz CT molecular complexity index is 1310. The Morgan fingerprint density at radius 2 is 1.52 bits per heavy atom. The summed E-state index contributed by atoms with van der Waals surface area (Å²) in [6.45, 7) is 1.86. The van der Waals surface area contributed by atoms with E-state index in [0.29, 0.717) is 33.8 Å². The van der Waals surface area contributed by atoms with E-state index in [0.717, 1.165) is 5.56 Å². The molecule has 4 rings (SSSR count). The maximum Gasteiger partial charge on any atom is 0.292 e. The van der Waals surface area contributed by atoms with Gasteiger partial charge in [0.15, 0.2) is 0 Å². The number of methoxy groups -OCH3 is 2. The van der Waals surface area contributed by atoms with Crippen LogP contribution >= 0.6 is 0 Å². The van der Waals surface area contributed by atoms with Gasteiger partial charge in [0, 0.05) is 5.69 Å². The van der Waals surface area contributed by atoms with Crippen molar-refractivity contribution in [2.45, 2.75) is 6.92 Å². The number of benzene rings is 3. The van der Waals surface area contributed by atoms with Crippen molar-refractivity contribution >= 4 is 22.5 Å². The van der Waals surface area contributed by atoms with Crippen LogP contribution in [0.25, 0.3) is 16.6 Å². The number of rotatable bonds is 5. The lowest BCUT2D eigenvalue weighted by Gasteiger charge is -2.15. The molecule has 0 spiro atoms. The quantitative estimate of drug-likeness (QED) is 0.533. The van der Waals surface area contributed by atoms with Gasteiger partial charge >= 0.3 is 0 Å². The molecule has 156 valence electrons. The van der Waals surface area contributed by atoms with E-state index in [1.54, 1.807) is 74.9 Å². The number of amides is 1. The second-order valence-corrected chi connectivity index (χ2v) is 6.93. The van der Waals surface area contributed by atoms with Gasteiger partial charge in [-0.25, -0.2) is 4.98 Å². The number of para-hydroxylation sites is 1.